The molecule has 11 heteroatoms. The Kier molecular flexibility index (Phi) is 7.55. The maximum absolute atomic E-state index is 13.4. The lowest BCUT2D eigenvalue weighted by Gasteiger charge is -2.16. The molecule has 0 spiro atoms. The number of nitrogens with zero attached hydrogens (tertiary/aromatic N) is 2. The zero-order valence-electron chi connectivity index (χ0n) is 21.0. The summed E-state index contributed by atoms with van der Waals surface area (Å²) in [7, 11) is 1.26. The molecule has 1 atom stereocenters. The Balaban J connectivity index is 1.52. The smallest absolute Gasteiger partial charge is 0.411 e. The van der Waals surface area contributed by atoms with Crippen LogP contribution in [0, 0.1) is 0 Å². The molecular formula is C28H25ClN6O4. The number of amides is 3. The summed E-state index contributed by atoms with van der Waals surface area (Å²) < 4.78 is 4.66. The third kappa shape index (κ3) is 5.75. The van der Waals surface area contributed by atoms with Crippen molar-refractivity contribution in [3.8, 4) is 11.3 Å². The molecule has 2 aromatic carbocycles. The average molecular weight is 545 g/mol. The number of aromatic nitrogens is 3. The molecule has 2 bridgehead atoms. The molecule has 198 valence electrons. The number of carbonyl (C=O) groups excluding carboxylic acids is 3. The molecule has 0 unspecified atom stereocenters. The Morgan fingerprint density at radius 2 is 2.00 bits per heavy atom. The highest BCUT2D eigenvalue weighted by Crippen LogP contribution is 2.35. The SMILES string of the molecule is COC(=O)Nc1ccc2c(c1)NC(=O)CC/C=C/C[C@H](NC(=O)c1cccc3ncccc13)c1nc-2c(Cl)[nH]1. The van der Waals surface area contributed by atoms with Gasteiger partial charge in [0, 0.05) is 34.8 Å². The van der Waals surface area contributed by atoms with Crippen LogP contribution >= 0.6 is 11.6 Å². The fourth-order valence-corrected chi connectivity index (χ4v) is 4.61. The van der Waals surface area contributed by atoms with Crippen molar-refractivity contribution in [2.45, 2.75) is 25.3 Å². The number of benzene rings is 2. The first-order valence-corrected chi connectivity index (χ1v) is 12.6. The van der Waals surface area contributed by atoms with Crippen LogP contribution in [0.1, 0.15) is 41.5 Å². The lowest BCUT2D eigenvalue weighted by atomic mass is 10.1. The van der Waals surface area contributed by atoms with Gasteiger partial charge in [-0.25, -0.2) is 9.78 Å². The average Bonchev–Trinajstić information content (AvgIpc) is 3.32. The Bertz CT molecular complexity index is 1590. The van der Waals surface area contributed by atoms with Crippen LogP contribution in [0.5, 0.6) is 0 Å². The van der Waals surface area contributed by atoms with E-state index >= 15 is 0 Å². The van der Waals surface area contributed by atoms with E-state index < -0.39 is 12.1 Å². The lowest BCUT2D eigenvalue weighted by molar-refractivity contribution is -0.116. The molecule has 5 rings (SSSR count). The fourth-order valence-electron chi connectivity index (χ4n) is 4.37. The number of carbonyl (C=O) groups is 3. The summed E-state index contributed by atoms with van der Waals surface area (Å²) in [5.74, 6) is -0.0301. The highest BCUT2D eigenvalue weighted by molar-refractivity contribution is 6.32. The van der Waals surface area contributed by atoms with Crippen LogP contribution in [0.2, 0.25) is 5.15 Å². The van der Waals surface area contributed by atoms with Crippen molar-refractivity contribution < 1.29 is 19.1 Å². The summed E-state index contributed by atoms with van der Waals surface area (Å²) >= 11 is 6.60. The van der Waals surface area contributed by atoms with E-state index in [1.54, 1.807) is 42.6 Å². The van der Waals surface area contributed by atoms with Crippen LogP contribution in [-0.2, 0) is 9.53 Å². The van der Waals surface area contributed by atoms with E-state index in [0.717, 1.165) is 10.9 Å². The van der Waals surface area contributed by atoms with Gasteiger partial charge in [-0.05, 0) is 49.2 Å². The van der Waals surface area contributed by atoms with Gasteiger partial charge in [-0.1, -0.05) is 35.9 Å². The van der Waals surface area contributed by atoms with Crippen molar-refractivity contribution in [3.05, 3.63) is 83.4 Å². The normalized spacial score (nSPS) is 16.1. The number of imidazole rings is 1. The summed E-state index contributed by atoms with van der Waals surface area (Å²) in [5, 5.41) is 9.53. The minimum atomic E-state index is -0.642. The van der Waals surface area contributed by atoms with Crippen LogP contribution in [-0.4, -0.2) is 40.0 Å². The lowest BCUT2D eigenvalue weighted by Crippen LogP contribution is -2.29. The number of anilines is 2. The minimum absolute atomic E-state index is 0.211. The number of ether oxygens (including phenoxy) is 1. The predicted molar refractivity (Wildman–Crippen MR) is 149 cm³/mol. The maximum Gasteiger partial charge on any atom is 0.411 e. The molecule has 4 aromatic rings. The minimum Gasteiger partial charge on any atom is -0.453 e. The molecule has 0 fully saturated rings. The molecule has 0 aliphatic carbocycles. The number of allylic oxidation sites excluding steroid dienone is 1. The van der Waals surface area contributed by atoms with Crippen LogP contribution < -0.4 is 16.0 Å². The quantitative estimate of drug-likeness (QED) is 0.247. The van der Waals surface area contributed by atoms with Crippen molar-refractivity contribution in [2.24, 2.45) is 0 Å². The van der Waals surface area contributed by atoms with Gasteiger partial charge in [-0.2, -0.15) is 0 Å². The molecule has 1 aliphatic heterocycles. The number of hydrogen-bond acceptors (Lipinski definition) is 6. The molecule has 1 aliphatic rings. The van der Waals surface area contributed by atoms with Crippen molar-refractivity contribution in [2.75, 3.05) is 17.7 Å². The Labute approximate surface area is 228 Å². The van der Waals surface area contributed by atoms with Crippen LogP contribution in [0.15, 0.2) is 66.9 Å². The number of H-pyrrole nitrogens is 1. The van der Waals surface area contributed by atoms with E-state index in [0.29, 0.717) is 46.9 Å². The highest BCUT2D eigenvalue weighted by atomic mass is 35.5. The van der Waals surface area contributed by atoms with Crippen molar-refractivity contribution in [3.63, 3.8) is 0 Å². The van der Waals surface area contributed by atoms with Gasteiger partial charge in [-0.3, -0.25) is 19.9 Å². The topological polar surface area (TPSA) is 138 Å². The van der Waals surface area contributed by atoms with E-state index in [1.807, 2.05) is 24.3 Å². The van der Waals surface area contributed by atoms with Gasteiger partial charge in [0.15, 0.2) is 0 Å². The van der Waals surface area contributed by atoms with E-state index in [9.17, 15) is 14.4 Å². The van der Waals surface area contributed by atoms with Gasteiger partial charge in [0.1, 0.15) is 16.7 Å². The Morgan fingerprint density at radius 1 is 1.13 bits per heavy atom. The highest BCUT2D eigenvalue weighted by Gasteiger charge is 2.23. The molecule has 0 saturated carbocycles. The van der Waals surface area contributed by atoms with Gasteiger partial charge in [0.25, 0.3) is 5.91 Å². The second kappa shape index (κ2) is 11.4. The first-order chi connectivity index (χ1) is 18.9. The molecule has 4 N–H and O–H groups in total. The Hall–Kier alpha value is -4.70. The summed E-state index contributed by atoms with van der Waals surface area (Å²) in [4.78, 5) is 50.0. The number of methoxy groups -OCH3 is 1. The van der Waals surface area contributed by atoms with Crippen molar-refractivity contribution >= 4 is 51.8 Å². The third-order valence-electron chi connectivity index (χ3n) is 6.26. The molecule has 0 radical (unpaired) electrons. The molecule has 10 nitrogen and oxygen atoms in total. The van der Waals surface area contributed by atoms with E-state index in [4.69, 9.17) is 16.6 Å². The zero-order valence-corrected chi connectivity index (χ0v) is 21.7. The van der Waals surface area contributed by atoms with Gasteiger partial charge in [0.05, 0.1) is 24.4 Å². The second-order valence-corrected chi connectivity index (χ2v) is 9.24. The van der Waals surface area contributed by atoms with Crippen LogP contribution in [0.3, 0.4) is 0 Å². The summed E-state index contributed by atoms with van der Waals surface area (Å²) in [6.07, 6.45) is 6.00. The first kappa shape index (κ1) is 25.9. The first-order valence-electron chi connectivity index (χ1n) is 12.3. The van der Waals surface area contributed by atoms with Crippen LogP contribution in [0.4, 0.5) is 16.2 Å². The van der Waals surface area contributed by atoms with Crippen molar-refractivity contribution in [1.82, 2.24) is 20.3 Å². The van der Waals surface area contributed by atoms with Gasteiger partial charge >= 0.3 is 6.09 Å². The number of pyridine rings is 1. The zero-order chi connectivity index (χ0) is 27.4. The molecule has 39 heavy (non-hydrogen) atoms. The summed E-state index contributed by atoms with van der Waals surface area (Å²) in [6, 6.07) is 13.5. The number of aromatic amines is 1. The summed E-state index contributed by atoms with van der Waals surface area (Å²) in [6.45, 7) is 0. The largest absolute Gasteiger partial charge is 0.453 e. The fraction of sp³-hybridized carbons (Fsp3) is 0.179. The number of rotatable bonds is 3. The molecule has 2 aromatic heterocycles. The van der Waals surface area contributed by atoms with Crippen molar-refractivity contribution in [1.29, 1.82) is 0 Å². The molecule has 0 saturated heterocycles. The maximum atomic E-state index is 13.4. The van der Waals surface area contributed by atoms with Gasteiger partial charge < -0.3 is 20.4 Å². The predicted octanol–water partition coefficient (Wildman–Crippen LogP) is 5.61. The standard InChI is InChI=1S/C28H25ClN6O4/c1-39-28(38)31-16-12-13-19-22(15-16)32-23(36)11-4-2-3-9-21(26-34-24(19)25(29)35-26)33-27(37)18-7-5-10-20-17(18)8-6-14-30-20/h2-3,5-8,10,12-15,21H,4,9,11H2,1H3,(H,31,38)(H,32,36)(H,33,37)(H,34,35)/b3-2+/t21-/m0/s1. The van der Waals surface area contributed by atoms with E-state index in [2.05, 4.69) is 30.7 Å². The monoisotopic (exact) mass is 544 g/mol. The van der Waals surface area contributed by atoms with E-state index in [1.165, 1.54) is 7.11 Å². The van der Waals surface area contributed by atoms with Crippen LogP contribution in [0.25, 0.3) is 22.2 Å². The molecule has 3 heterocycles. The Morgan fingerprint density at radius 3 is 2.85 bits per heavy atom. The molecular weight excluding hydrogens is 520 g/mol. The number of halogens is 1. The number of fused-ring (bicyclic) bond motifs is 5. The third-order valence-corrected chi connectivity index (χ3v) is 6.53. The number of nitrogens with one attached hydrogen (secondary N) is 4. The summed E-state index contributed by atoms with van der Waals surface area (Å²) in [5.41, 5.74) is 2.99. The number of hydrogen-bond donors (Lipinski definition) is 4. The van der Waals surface area contributed by atoms with E-state index in [-0.39, 0.29) is 23.4 Å². The second-order valence-electron chi connectivity index (χ2n) is 8.86. The molecule has 3 amide bonds. The van der Waals surface area contributed by atoms with Gasteiger partial charge in [-0.15, -0.1) is 0 Å². The van der Waals surface area contributed by atoms with Gasteiger partial charge in [0.2, 0.25) is 5.91 Å².